The van der Waals surface area contributed by atoms with Crippen LogP contribution in [-0.2, 0) is 4.79 Å². The third-order valence-electron chi connectivity index (χ3n) is 3.40. The monoisotopic (exact) mass is 275 g/mol. The van der Waals surface area contributed by atoms with Gasteiger partial charge < -0.3 is 14.8 Å². The lowest BCUT2D eigenvalue weighted by molar-refractivity contribution is -0.120. The van der Waals surface area contributed by atoms with Gasteiger partial charge in [0.15, 0.2) is 12.0 Å². The fourth-order valence-corrected chi connectivity index (χ4v) is 2.16. The molecule has 1 fully saturated rings. The molecule has 0 spiro atoms. The highest BCUT2D eigenvalue weighted by Gasteiger charge is 2.33. The lowest BCUT2D eigenvalue weighted by Gasteiger charge is -2.12. The predicted molar refractivity (Wildman–Crippen MR) is 74.0 cm³/mol. The van der Waals surface area contributed by atoms with Crippen molar-refractivity contribution in [3.63, 3.8) is 0 Å². The summed E-state index contributed by atoms with van der Waals surface area (Å²) in [7, 11) is 3.16. The lowest BCUT2D eigenvalue weighted by atomic mass is 10.1. The predicted octanol–water partition coefficient (Wildman–Crippen LogP) is 0.983. The van der Waals surface area contributed by atoms with Gasteiger partial charge in [-0.2, -0.15) is 0 Å². The highest BCUT2D eigenvalue weighted by Crippen LogP contribution is 2.33. The van der Waals surface area contributed by atoms with Gasteiger partial charge in [0.25, 0.3) is 5.91 Å². The molecular formula is C14H17N3O3. The fraction of sp³-hybridized carbons (Fsp3) is 0.429. The van der Waals surface area contributed by atoms with E-state index in [2.05, 4.69) is 15.6 Å². The van der Waals surface area contributed by atoms with Gasteiger partial charge in [0.2, 0.25) is 0 Å². The lowest BCUT2D eigenvalue weighted by Crippen LogP contribution is -2.37. The number of hydrogen-bond donors (Lipinski definition) is 2. The second kappa shape index (κ2) is 5.03. The van der Waals surface area contributed by atoms with Crippen LogP contribution in [0.25, 0.3) is 0 Å². The molecule has 1 heterocycles. The number of ether oxygens (including phenoxy) is 2. The van der Waals surface area contributed by atoms with E-state index in [-0.39, 0.29) is 5.91 Å². The number of methoxy groups -OCH3 is 2. The zero-order chi connectivity index (χ0) is 14.1. The minimum Gasteiger partial charge on any atom is -0.497 e. The number of hydrogen-bond acceptors (Lipinski definition) is 5. The molecule has 6 heteroatoms. The van der Waals surface area contributed by atoms with Gasteiger partial charge in [-0.05, 0) is 31.0 Å². The van der Waals surface area contributed by atoms with E-state index < -0.39 is 6.04 Å². The average molecular weight is 275 g/mol. The summed E-state index contributed by atoms with van der Waals surface area (Å²) < 4.78 is 10.5. The van der Waals surface area contributed by atoms with E-state index in [4.69, 9.17) is 9.47 Å². The van der Waals surface area contributed by atoms with E-state index in [9.17, 15) is 4.79 Å². The van der Waals surface area contributed by atoms with Crippen LogP contribution < -0.4 is 20.1 Å². The van der Waals surface area contributed by atoms with Crippen molar-refractivity contribution in [3.8, 4) is 11.5 Å². The first-order chi connectivity index (χ1) is 9.71. The van der Waals surface area contributed by atoms with Crippen LogP contribution in [0, 0.1) is 0 Å². The summed E-state index contributed by atoms with van der Waals surface area (Å²) in [6.45, 7) is 0. The van der Waals surface area contributed by atoms with E-state index in [0.29, 0.717) is 29.1 Å². The Morgan fingerprint density at radius 1 is 1.30 bits per heavy atom. The molecule has 0 aromatic heterocycles. The van der Waals surface area contributed by atoms with Gasteiger partial charge in [-0.3, -0.25) is 10.1 Å². The number of rotatable bonds is 4. The van der Waals surface area contributed by atoms with E-state index in [1.165, 1.54) is 0 Å². The summed E-state index contributed by atoms with van der Waals surface area (Å²) in [6.07, 6.45) is 2.25. The summed E-state index contributed by atoms with van der Waals surface area (Å²) in [4.78, 5) is 16.5. The molecule has 1 unspecified atom stereocenters. The van der Waals surface area contributed by atoms with E-state index in [1.54, 1.807) is 32.4 Å². The topological polar surface area (TPSA) is 72.0 Å². The summed E-state index contributed by atoms with van der Waals surface area (Å²) >= 11 is 0. The first kappa shape index (κ1) is 12.8. The molecule has 6 nitrogen and oxygen atoms in total. The number of carbonyl (C=O) groups is 1. The largest absolute Gasteiger partial charge is 0.497 e. The Balaban J connectivity index is 1.90. The van der Waals surface area contributed by atoms with E-state index >= 15 is 0 Å². The van der Waals surface area contributed by atoms with Crippen molar-refractivity contribution >= 4 is 11.9 Å². The maximum absolute atomic E-state index is 12.1. The smallest absolute Gasteiger partial charge is 0.256 e. The molecule has 1 aromatic rings. The quantitative estimate of drug-likeness (QED) is 0.859. The molecule has 106 valence electrons. The molecule has 1 saturated carbocycles. The maximum Gasteiger partial charge on any atom is 0.256 e. The van der Waals surface area contributed by atoms with Crippen molar-refractivity contribution in [2.75, 3.05) is 14.2 Å². The summed E-state index contributed by atoms with van der Waals surface area (Å²) in [6, 6.07) is 5.21. The molecular weight excluding hydrogens is 258 g/mol. The number of benzene rings is 1. The summed E-state index contributed by atoms with van der Waals surface area (Å²) in [5, 5.41) is 5.96. The molecule has 0 saturated heterocycles. The number of carbonyl (C=O) groups excluding carboxylic acids is 1. The molecule has 2 aliphatic rings. The minimum atomic E-state index is -0.596. The SMILES string of the molecule is COc1ccc(OC)c(C2N=C(NC3CC3)NC2=O)c1. The minimum absolute atomic E-state index is 0.153. The summed E-state index contributed by atoms with van der Waals surface area (Å²) in [5.41, 5.74) is 0.706. The Labute approximate surface area is 117 Å². The van der Waals surface area contributed by atoms with Crippen LogP contribution in [0.2, 0.25) is 0 Å². The van der Waals surface area contributed by atoms with E-state index in [0.717, 1.165) is 12.8 Å². The van der Waals surface area contributed by atoms with Gasteiger partial charge in [-0.25, -0.2) is 4.99 Å². The van der Waals surface area contributed by atoms with Crippen molar-refractivity contribution in [1.29, 1.82) is 0 Å². The van der Waals surface area contributed by atoms with Gasteiger partial charge in [0, 0.05) is 11.6 Å². The third-order valence-corrected chi connectivity index (χ3v) is 3.40. The van der Waals surface area contributed by atoms with Crippen LogP contribution in [-0.4, -0.2) is 32.1 Å². The maximum atomic E-state index is 12.1. The molecule has 1 amide bonds. The first-order valence-electron chi connectivity index (χ1n) is 6.58. The molecule has 1 aliphatic carbocycles. The molecule has 1 atom stereocenters. The van der Waals surface area contributed by atoms with Crippen molar-refractivity contribution in [3.05, 3.63) is 23.8 Å². The standard InChI is InChI=1S/C14H17N3O3/c1-19-9-5-6-11(20-2)10(7-9)12-13(18)17-14(16-12)15-8-3-4-8/h5-8,12H,3-4H2,1-2H3,(H2,15,16,17,18). The van der Waals surface area contributed by atoms with E-state index in [1.807, 2.05) is 0 Å². The van der Waals surface area contributed by atoms with Crippen molar-refractivity contribution in [2.24, 2.45) is 4.99 Å². The zero-order valence-corrected chi connectivity index (χ0v) is 11.5. The van der Waals surface area contributed by atoms with Crippen LogP contribution in [0.1, 0.15) is 24.4 Å². The van der Waals surface area contributed by atoms with Crippen LogP contribution in [0.4, 0.5) is 0 Å². The Bertz CT molecular complexity index is 567. The average Bonchev–Trinajstić information content (AvgIpc) is 3.20. The zero-order valence-electron chi connectivity index (χ0n) is 11.5. The molecule has 0 bridgehead atoms. The molecule has 20 heavy (non-hydrogen) atoms. The Kier molecular flexibility index (Phi) is 3.22. The Morgan fingerprint density at radius 3 is 2.75 bits per heavy atom. The molecule has 0 radical (unpaired) electrons. The third kappa shape index (κ3) is 2.41. The van der Waals surface area contributed by atoms with Crippen LogP contribution >= 0.6 is 0 Å². The molecule has 1 aromatic carbocycles. The highest BCUT2D eigenvalue weighted by atomic mass is 16.5. The molecule has 2 N–H and O–H groups in total. The number of nitrogens with zero attached hydrogens (tertiary/aromatic N) is 1. The van der Waals surface area contributed by atoms with Crippen LogP contribution in [0.3, 0.4) is 0 Å². The number of guanidine groups is 1. The van der Waals surface area contributed by atoms with Crippen LogP contribution in [0.5, 0.6) is 11.5 Å². The van der Waals surface area contributed by atoms with Gasteiger partial charge in [-0.15, -0.1) is 0 Å². The number of amides is 1. The van der Waals surface area contributed by atoms with Gasteiger partial charge >= 0.3 is 0 Å². The Morgan fingerprint density at radius 2 is 2.10 bits per heavy atom. The van der Waals surface area contributed by atoms with Gasteiger partial charge in [-0.1, -0.05) is 0 Å². The molecule has 1 aliphatic heterocycles. The van der Waals surface area contributed by atoms with Crippen LogP contribution in [0.15, 0.2) is 23.2 Å². The molecule has 3 rings (SSSR count). The first-order valence-corrected chi connectivity index (χ1v) is 6.58. The van der Waals surface area contributed by atoms with Crippen molar-refractivity contribution < 1.29 is 14.3 Å². The highest BCUT2D eigenvalue weighted by molar-refractivity contribution is 6.05. The second-order valence-electron chi connectivity index (χ2n) is 4.90. The summed E-state index contributed by atoms with van der Waals surface area (Å²) in [5.74, 6) is 1.70. The Hall–Kier alpha value is -2.24. The van der Waals surface area contributed by atoms with Crippen molar-refractivity contribution in [1.82, 2.24) is 10.6 Å². The normalized spacial score (nSPS) is 21.2. The van der Waals surface area contributed by atoms with Gasteiger partial charge in [0.1, 0.15) is 11.5 Å². The van der Waals surface area contributed by atoms with Gasteiger partial charge in [0.05, 0.1) is 14.2 Å². The second-order valence-corrected chi connectivity index (χ2v) is 4.90. The van der Waals surface area contributed by atoms with Crippen molar-refractivity contribution in [2.45, 2.75) is 24.9 Å². The number of aliphatic imine (C=N–C) groups is 1. The fourth-order valence-electron chi connectivity index (χ4n) is 2.16. The number of nitrogens with one attached hydrogen (secondary N) is 2.